The fourth-order valence-corrected chi connectivity index (χ4v) is 2.16. The zero-order valence-electron chi connectivity index (χ0n) is 12.1. The third-order valence-electron chi connectivity index (χ3n) is 3.20. The van der Waals surface area contributed by atoms with Gasteiger partial charge in [0, 0.05) is 0 Å². The Labute approximate surface area is 123 Å². The molecule has 2 aromatic rings. The Hall–Kier alpha value is -2.11. The Morgan fingerprint density at radius 3 is 2.38 bits per heavy atom. The van der Waals surface area contributed by atoms with Crippen molar-refractivity contribution in [1.29, 1.82) is 0 Å². The van der Waals surface area contributed by atoms with Crippen molar-refractivity contribution >= 4 is 0 Å². The molecule has 0 bridgehead atoms. The molecule has 0 aliphatic carbocycles. The average molecular weight is 290 g/mol. The quantitative estimate of drug-likeness (QED) is 0.634. The molecule has 0 saturated heterocycles. The lowest BCUT2D eigenvalue weighted by Crippen LogP contribution is -2.28. The van der Waals surface area contributed by atoms with Crippen molar-refractivity contribution in [2.45, 2.75) is 13.0 Å². The molecule has 0 aliphatic heterocycles. The zero-order chi connectivity index (χ0) is 15.2. The summed E-state index contributed by atoms with van der Waals surface area (Å²) in [6.45, 7) is 2.55. The van der Waals surface area contributed by atoms with Crippen LogP contribution in [0.2, 0.25) is 0 Å². The Balaban J connectivity index is 2.30. The van der Waals surface area contributed by atoms with Gasteiger partial charge in [0.15, 0.2) is 11.6 Å². The van der Waals surface area contributed by atoms with E-state index in [2.05, 4.69) is 5.43 Å². The van der Waals surface area contributed by atoms with E-state index in [0.717, 1.165) is 16.9 Å². The number of hydrogen-bond acceptors (Lipinski definition) is 4. The van der Waals surface area contributed by atoms with Gasteiger partial charge in [0.05, 0.1) is 19.8 Å². The molecule has 0 aromatic heterocycles. The largest absolute Gasteiger partial charge is 0.494 e. The van der Waals surface area contributed by atoms with Gasteiger partial charge in [-0.25, -0.2) is 9.82 Å². The summed E-state index contributed by atoms with van der Waals surface area (Å²) in [5.74, 6) is 6.24. The lowest BCUT2D eigenvalue weighted by Gasteiger charge is -2.18. The van der Waals surface area contributed by atoms with Gasteiger partial charge < -0.3 is 9.47 Å². The fourth-order valence-electron chi connectivity index (χ4n) is 2.16. The summed E-state index contributed by atoms with van der Waals surface area (Å²) in [7, 11) is 1.43. The van der Waals surface area contributed by atoms with E-state index < -0.39 is 5.82 Å². The van der Waals surface area contributed by atoms with Gasteiger partial charge in [-0.1, -0.05) is 18.2 Å². The van der Waals surface area contributed by atoms with Gasteiger partial charge in [0.2, 0.25) is 0 Å². The second kappa shape index (κ2) is 7.06. The van der Waals surface area contributed by atoms with Crippen molar-refractivity contribution in [3.05, 3.63) is 59.4 Å². The summed E-state index contributed by atoms with van der Waals surface area (Å²) in [4.78, 5) is 0. The molecule has 2 aromatic carbocycles. The van der Waals surface area contributed by atoms with Crippen LogP contribution in [0.15, 0.2) is 42.5 Å². The first kappa shape index (κ1) is 15.3. The third kappa shape index (κ3) is 3.51. The van der Waals surface area contributed by atoms with Crippen molar-refractivity contribution < 1.29 is 13.9 Å². The number of nitrogens with one attached hydrogen (secondary N) is 1. The molecule has 4 nitrogen and oxygen atoms in total. The Kier molecular flexibility index (Phi) is 5.14. The van der Waals surface area contributed by atoms with Crippen LogP contribution in [-0.2, 0) is 0 Å². The van der Waals surface area contributed by atoms with E-state index in [0.29, 0.717) is 6.61 Å². The predicted molar refractivity (Wildman–Crippen MR) is 79.7 cm³/mol. The van der Waals surface area contributed by atoms with E-state index in [9.17, 15) is 4.39 Å². The van der Waals surface area contributed by atoms with Crippen LogP contribution in [0.3, 0.4) is 0 Å². The normalized spacial score (nSPS) is 12.0. The van der Waals surface area contributed by atoms with Gasteiger partial charge in [-0.3, -0.25) is 5.84 Å². The second-order valence-electron chi connectivity index (χ2n) is 4.50. The lowest BCUT2D eigenvalue weighted by molar-refractivity contribution is 0.340. The van der Waals surface area contributed by atoms with Gasteiger partial charge >= 0.3 is 0 Å². The molecule has 0 fully saturated rings. The second-order valence-corrected chi connectivity index (χ2v) is 4.50. The number of halogens is 1. The molecular formula is C16H19FN2O2. The summed E-state index contributed by atoms with van der Waals surface area (Å²) < 4.78 is 23.9. The summed E-state index contributed by atoms with van der Waals surface area (Å²) in [6.07, 6.45) is 0. The number of benzene rings is 2. The molecule has 3 N–H and O–H groups in total. The number of hydrogen-bond donors (Lipinski definition) is 2. The molecule has 0 saturated carbocycles. The maximum Gasteiger partial charge on any atom is 0.165 e. The van der Waals surface area contributed by atoms with Gasteiger partial charge in [0.25, 0.3) is 0 Å². The molecular weight excluding hydrogens is 271 g/mol. The van der Waals surface area contributed by atoms with Gasteiger partial charge in [0.1, 0.15) is 5.75 Å². The maximum atomic E-state index is 13.5. The minimum absolute atomic E-state index is 0.193. The van der Waals surface area contributed by atoms with Crippen LogP contribution in [0, 0.1) is 5.82 Å². The Morgan fingerprint density at radius 2 is 1.81 bits per heavy atom. The van der Waals surface area contributed by atoms with Gasteiger partial charge in [-0.15, -0.1) is 0 Å². The molecule has 1 unspecified atom stereocenters. The van der Waals surface area contributed by atoms with Crippen molar-refractivity contribution in [3.8, 4) is 11.5 Å². The summed E-state index contributed by atoms with van der Waals surface area (Å²) in [6, 6.07) is 12.0. The van der Waals surface area contributed by atoms with Crippen molar-refractivity contribution in [2.24, 2.45) is 5.84 Å². The first-order chi connectivity index (χ1) is 10.2. The highest BCUT2D eigenvalue weighted by Gasteiger charge is 2.15. The first-order valence-electron chi connectivity index (χ1n) is 6.72. The minimum Gasteiger partial charge on any atom is -0.494 e. The molecule has 1 atom stereocenters. The SMILES string of the molecule is CCOc1ccc(C(NN)c2ccc(F)c(OC)c2)cc1. The molecule has 0 heterocycles. The van der Waals surface area contributed by atoms with E-state index >= 15 is 0 Å². The monoisotopic (exact) mass is 290 g/mol. The fraction of sp³-hybridized carbons (Fsp3) is 0.250. The van der Waals surface area contributed by atoms with Crippen LogP contribution in [-0.4, -0.2) is 13.7 Å². The average Bonchev–Trinajstić information content (AvgIpc) is 2.51. The van der Waals surface area contributed by atoms with E-state index in [1.54, 1.807) is 12.1 Å². The molecule has 0 spiro atoms. The number of hydrazine groups is 1. The highest BCUT2D eigenvalue weighted by molar-refractivity contribution is 5.39. The molecule has 21 heavy (non-hydrogen) atoms. The summed E-state index contributed by atoms with van der Waals surface area (Å²) in [5.41, 5.74) is 4.51. The summed E-state index contributed by atoms with van der Waals surface area (Å²) in [5, 5.41) is 0. The number of methoxy groups -OCH3 is 1. The van der Waals surface area contributed by atoms with Crippen LogP contribution in [0.1, 0.15) is 24.1 Å². The highest BCUT2D eigenvalue weighted by atomic mass is 19.1. The molecule has 0 aliphatic rings. The highest BCUT2D eigenvalue weighted by Crippen LogP contribution is 2.27. The van der Waals surface area contributed by atoms with E-state index in [4.69, 9.17) is 15.3 Å². The van der Waals surface area contributed by atoms with Crippen LogP contribution < -0.4 is 20.7 Å². The third-order valence-corrected chi connectivity index (χ3v) is 3.20. The minimum atomic E-state index is -0.399. The van der Waals surface area contributed by atoms with Crippen LogP contribution >= 0.6 is 0 Å². The van der Waals surface area contributed by atoms with Crippen LogP contribution in [0.25, 0.3) is 0 Å². The molecule has 0 amide bonds. The van der Waals surface area contributed by atoms with Crippen LogP contribution in [0.5, 0.6) is 11.5 Å². The standard InChI is InChI=1S/C16H19FN2O2/c1-3-21-13-7-4-11(5-8-13)16(19-18)12-6-9-14(17)15(10-12)20-2/h4-10,16,19H,3,18H2,1-2H3. The number of nitrogens with two attached hydrogens (primary N) is 1. The van der Waals surface area contributed by atoms with Crippen molar-refractivity contribution in [3.63, 3.8) is 0 Å². The first-order valence-corrected chi connectivity index (χ1v) is 6.72. The Bertz CT molecular complexity index is 587. The predicted octanol–water partition coefficient (Wildman–Crippen LogP) is 2.79. The smallest absolute Gasteiger partial charge is 0.165 e. The number of rotatable bonds is 6. The van der Waals surface area contributed by atoms with Crippen LogP contribution in [0.4, 0.5) is 4.39 Å². The topological polar surface area (TPSA) is 56.5 Å². The lowest BCUT2D eigenvalue weighted by atomic mass is 9.99. The molecule has 112 valence electrons. The van der Waals surface area contributed by atoms with Crippen molar-refractivity contribution in [2.75, 3.05) is 13.7 Å². The molecule has 0 radical (unpaired) electrons. The van der Waals surface area contributed by atoms with Gasteiger partial charge in [-0.05, 0) is 42.3 Å². The maximum absolute atomic E-state index is 13.5. The Morgan fingerprint density at radius 1 is 1.14 bits per heavy atom. The van der Waals surface area contributed by atoms with Gasteiger partial charge in [-0.2, -0.15) is 0 Å². The zero-order valence-corrected chi connectivity index (χ0v) is 12.1. The van der Waals surface area contributed by atoms with E-state index in [1.807, 2.05) is 31.2 Å². The van der Waals surface area contributed by atoms with E-state index in [-0.39, 0.29) is 11.8 Å². The van der Waals surface area contributed by atoms with Crippen molar-refractivity contribution in [1.82, 2.24) is 5.43 Å². The number of ether oxygens (including phenoxy) is 2. The molecule has 5 heteroatoms. The van der Waals surface area contributed by atoms with E-state index in [1.165, 1.54) is 13.2 Å². The summed E-state index contributed by atoms with van der Waals surface area (Å²) >= 11 is 0. The molecule has 2 rings (SSSR count).